The molecule has 0 aliphatic carbocycles. The van der Waals surface area contributed by atoms with E-state index in [2.05, 4.69) is 5.18 Å². The molecule has 23 heavy (non-hydrogen) atoms. The zero-order valence-electron chi connectivity index (χ0n) is 13.5. The predicted molar refractivity (Wildman–Crippen MR) is 89.5 cm³/mol. The lowest BCUT2D eigenvalue weighted by Crippen LogP contribution is -2.48. The quantitative estimate of drug-likeness (QED) is 0.474. The summed E-state index contributed by atoms with van der Waals surface area (Å²) >= 11 is 1.16. The zero-order chi connectivity index (χ0) is 16.9. The molecule has 1 aromatic carbocycles. The van der Waals surface area contributed by atoms with Gasteiger partial charge in [-0.15, -0.1) is 4.91 Å². The van der Waals surface area contributed by atoms with Crippen molar-refractivity contribution < 1.29 is 13.7 Å². The van der Waals surface area contributed by atoms with Gasteiger partial charge in [0.15, 0.2) is 11.4 Å². The average Bonchev–Trinajstić information content (AvgIpc) is 2.52. The molecule has 0 unspecified atom stereocenters. The molecule has 126 valence electrons. The maximum atomic E-state index is 12.0. The van der Waals surface area contributed by atoms with E-state index >= 15 is 0 Å². The Hall–Kier alpha value is -1.80. The van der Waals surface area contributed by atoms with Crippen molar-refractivity contribution in [3.05, 3.63) is 29.2 Å². The highest BCUT2D eigenvalue weighted by Gasteiger charge is 2.26. The summed E-state index contributed by atoms with van der Waals surface area (Å²) in [6.45, 7) is 8.00. The van der Waals surface area contributed by atoms with Crippen molar-refractivity contribution in [3.63, 3.8) is 0 Å². The third kappa shape index (κ3) is 5.40. The van der Waals surface area contributed by atoms with Gasteiger partial charge < -0.3 is 13.8 Å². The number of nitroso groups, excluding NO2 is 1. The number of nitrogens with zero attached hydrogens (tertiary/aromatic N) is 3. The molecule has 1 aromatic rings. The normalized spacial score (nSPS) is 16.0. The lowest BCUT2D eigenvalue weighted by atomic mass is 10.2. The Labute approximate surface area is 140 Å². The summed E-state index contributed by atoms with van der Waals surface area (Å²) in [6.07, 6.45) is -0.293. The highest BCUT2D eigenvalue weighted by Crippen LogP contribution is 2.30. The maximum absolute atomic E-state index is 12.0. The number of carbonyl (C=O) groups excluding carboxylic acids is 1. The van der Waals surface area contributed by atoms with Gasteiger partial charge in [-0.1, -0.05) is 12.1 Å². The van der Waals surface area contributed by atoms with Crippen molar-refractivity contribution in [2.45, 2.75) is 26.4 Å². The molecule has 0 N–H and O–H groups in total. The van der Waals surface area contributed by atoms with Crippen molar-refractivity contribution in [2.24, 2.45) is 5.18 Å². The Morgan fingerprint density at radius 2 is 1.83 bits per heavy atom. The van der Waals surface area contributed by atoms with Gasteiger partial charge in [0.2, 0.25) is 0 Å². The fraction of sp³-hybridized carbons (Fsp3) is 0.533. The van der Waals surface area contributed by atoms with Crippen LogP contribution < -0.4 is 4.18 Å². The highest BCUT2D eigenvalue weighted by atomic mass is 32.2. The fourth-order valence-electron chi connectivity index (χ4n) is 1.97. The second-order valence-electron chi connectivity index (χ2n) is 6.11. The van der Waals surface area contributed by atoms with Crippen LogP contribution in [-0.4, -0.2) is 47.1 Å². The lowest BCUT2D eigenvalue weighted by molar-refractivity contribution is 0.0196. The van der Waals surface area contributed by atoms with Crippen LogP contribution in [0.2, 0.25) is 0 Å². The number of rotatable bonds is 4. The van der Waals surface area contributed by atoms with Crippen LogP contribution in [0.1, 0.15) is 20.8 Å². The van der Waals surface area contributed by atoms with Gasteiger partial charge in [-0.05, 0) is 38.1 Å². The molecule has 1 amide bonds. The van der Waals surface area contributed by atoms with Crippen molar-refractivity contribution in [3.8, 4) is 5.75 Å². The van der Waals surface area contributed by atoms with Crippen LogP contribution >= 0.6 is 12.2 Å². The molecule has 0 saturated carbocycles. The molecule has 1 aliphatic heterocycles. The van der Waals surface area contributed by atoms with Crippen LogP contribution in [0.4, 0.5) is 10.5 Å². The summed E-state index contributed by atoms with van der Waals surface area (Å²) in [6, 6.07) is 6.81. The number of carbonyl (C=O) groups is 1. The molecule has 0 bridgehead atoms. The van der Waals surface area contributed by atoms with Gasteiger partial charge in [-0.2, -0.15) is 0 Å². The highest BCUT2D eigenvalue weighted by molar-refractivity contribution is 7.92. The first-order valence-corrected chi connectivity index (χ1v) is 8.09. The maximum Gasteiger partial charge on any atom is 0.410 e. The van der Waals surface area contributed by atoms with Gasteiger partial charge in [0, 0.05) is 26.2 Å². The largest absolute Gasteiger partial charge is 0.444 e. The first-order chi connectivity index (χ1) is 10.9. The number of benzene rings is 1. The Morgan fingerprint density at radius 3 is 2.43 bits per heavy atom. The molecule has 8 heteroatoms. The second kappa shape index (κ2) is 7.65. The Kier molecular flexibility index (Phi) is 5.84. The molecular weight excluding hydrogens is 318 g/mol. The van der Waals surface area contributed by atoms with Crippen molar-refractivity contribution in [2.75, 3.05) is 26.2 Å². The summed E-state index contributed by atoms with van der Waals surface area (Å²) in [7, 11) is 0. The van der Waals surface area contributed by atoms with Crippen molar-refractivity contribution in [1.82, 2.24) is 9.21 Å². The van der Waals surface area contributed by atoms with Gasteiger partial charge >= 0.3 is 6.09 Å². The Morgan fingerprint density at radius 1 is 1.17 bits per heavy atom. The number of ether oxygens (including phenoxy) is 1. The van der Waals surface area contributed by atoms with E-state index in [1.807, 2.05) is 25.1 Å². The predicted octanol–water partition coefficient (Wildman–Crippen LogP) is 3.58. The lowest BCUT2D eigenvalue weighted by Gasteiger charge is -2.34. The smallest absolute Gasteiger partial charge is 0.410 e. The first kappa shape index (κ1) is 17.6. The minimum atomic E-state index is -0.488. The zero-order valence-corrected chi connectivity index (χ0v) is 14.3. The van der Waals surface area contributed by atoms with E-state index in [1.54, 1.807) is 29.2 Å². The molecule has 7 nitrogen and oxygen atoms in total. The minimum Gasteiger partial charge on any atom is -0.444 e. The SMILES string of the molecule is CC(C)(C)OC(=O)N1CCN(SOc2ccccc2N=O)CC1. The van der Waals surface area contributed by atoms with Crippen LogP contribution in [0.15, 0.2) is 29.4 Å². The van der Waals surface area contributed by atoms with Crippen LogP contribution in [0, 0.1) is 4.91 Å². The number of amides is 1. The van der Waals surface area contributed by atoms with E-state index in [9.17, 15) is 9.70 Å². The van der Waals surface area contributed by atoms with Crippen molar-refractivity contribution in [1.29, 1.82) is 0 Å². The molecule has 2 rings (SSSR count). The molecule has 1 fully saturated rings. The van der Waals surface area contributed by atoms with Crippen LogP contribution in [-0.2, 0) is 4.74 Å². The second-order valence-corrected chi connectivity index (χ2v) is 6.95. The molecule has 0 radical (unpaired) electrons. The molecule has 0 spiro atoms. The van der Waals surface area contributed by atoms with Gasteiger partial charge in [-0.3, -0.25) is 0 Å². The molecular formula is C15H21N3O4S. The van der Waals surface area contributed by atoms with E-state index in [-0.39, 0.29) is 11.8 Å². The van der Waals surface area contributed by atoms with Gasteiger partial charge in [0.1, 0.15) is 17.8 Å². The average molecular weight is 339 g/mol. The number of hydrogen-bond donors (Lipinski definition) is 0. The summed E-state index contributed by atoms with van der Waals surface area (Å²) in [5, 5.41) is 2.93. The number of piperazine rings is 1. The monoisotopic (exact) mass is 339 g/mol. The number of hydrogen-bond acceptors (Lipinski definition) is 7. The minimum absolute atomic E-state index is 0.271. The molecule has 1 heterocycles. The van der Waals surface area contributed by atoms with Gasteiger partial charge in [-0.25, -0.2) is 9.10 Å². The van der Waals surface area contributed by atoms with Gasteiger partial charge in [0.25, 0.3) is 0 Å². The number of para-hydroxylation sites is 1. The van der Waals surface area contributed by atoms with Crippen LogP contribution in [0.3, 0.4) is 0 Å². The third-order valence-corrected chi connectivity index (χ3v) is 3.92. The third-order valence-electron chi connectivity index (χ3n) is 3.09. The molecule has 0 aromatic heterocycles. The summed E-state index contributed by atoms with van der Waals surface area (Å²) in [5.41, 5.74) is -0.218. The summed E-state index contributed by atoms with van der Waals surface area (Å²) in [5.74, 6) is 0.432. The molecule has 1 saturated heterocycles. The Balaban J connectivity index is 1.79. The van der Waals surface area contributed by atoms with E-state index < -0.39 is 5.60 Å². The van der Waals surface area contributed by atoms with E-state index in [1.165, 1.54) is 0 Å². The van der Waals surface area contributed by atoms with Crippen LogP contribution in [0.5, 0.6) is 5.75 Å². The molecule has 0 atom stereocenters. The first-order valence-electron chi connectivity index (χ1n) is 7.39. The van der Waals surface area contributed by atoms with Crippen molar-refractivity contribution >= 4 is 24.0 Å². The summed E-state index contributed by atoms with van der Waals surface area (Å²) < 4.78 is 12.9. The Bertz CT molecular complexity index is 554. The molecule has 1 aliphatic rings. The van der Waals surface area contributed by atoms with Gasteiger partial charge in [0.05, 0.1) is 0 Å². The van der Waals surface area contributed by atoms with E-state index in [0.29, 0.717) is 31.9 Å². The fourth-order valence-corrected chi connectivity index (χ4v) is 2.61. The van der Waals surface area contributed by atoms with Crippen LogP contribution in [0.25, 0.3) is 0 Å². The topological polar surface area (TPSA) is 71.4 Å². The van der Waals surface area contributed by atoms with E-state index in [0.717, 1.165) is 12.2 Å². The van der Waals surface area contributed by atoms with E-state index in [4.69, 9.17) is 8.92 Å². The summed E-state index contributed by atoms with van der Waals surface area (Å²) in [4.78, 5) is 24.4. The standard InChI is InChI=1S/C15H21N3O4S/c1-15(2,3)21-14(19)17-8-10-18(11-9-17)23-22-13-7-5-4-6-12(13)16-20/h4-7H,8-11H2,1-3H3.